The average Bonchev–Trinajstić information content (AvgIpc) is 3.04. The summed E-state index contributed by atoms with van der Waals surface area (Å²) in [6, 6.07) is 0.743. The molecule has 1 amide bonds. The summed E-state index contributed by atoms with van der Waals surface area (Å²) >= 11 is 0. The van der Waals surface area contributed by atoms with Crippen LogP contribution in [0.3, 0.4) is 0 Å². The Balaban J connectivity index is 1.60. The van der Waals surface area contributed by atoms with Gasteiger partial charge in [0.05, 0.1) is 12.2 Å². The van der Waals surface area contributed by atoms with E-state index in [-0.39, 0.29) is 11.9 Å². The molecule has 3 heterocycles. The largest absolute Gasteiger partial charge is 0.351 e. The number of nitrogens with zero attached hydrogens (tertiary/aromatic N) is 3. The Morgan fingerprint density at radius 2 is 2.20 bits per heavy atom. The standard InChI is InChI=1S/C15H24N4O/c1-11-12(10-17-18(11)2)9-16-15(20)14-7-3-5-13-6-4-8-19(13)14/h10,13-14H,3-9H2,1-2H3,(H,16,20). The van der Waals surface area contributed by atoms with Gasteiger partial charge in [0, 0.05) is 30.9 Å². The average molecular weight is 276 g/mol. The van der Waals surface area contributed by atoms with Gasteiger partial charge < -0.3 is 5.32 Å². The molecule has 0 bridgehead atoms. The van der Waals surface area contributed by atoms with Gasteiger partial charge in [0.2, 0.25) is 5.91 Å². The molecule has 0 saturated carbocycles. The quantitative estimate of drug-likeness (QED) is 0.907. The summed E-state index contributed by atoms with van der Waals surface area (Å²) in [6.45, 7) is 3.72. The number of hydrogen-bond acceptors (Lipinski definition) is 3. The van der Waals surface area contributed by atoms with Crippen molar-refractivity contribution in [2.75, 3.05) is 6.54 Å². The molecule has 2 aliphatic rings. The van der Waals surface area contributed by atoms with Crippen molar-refractivity contribution >= 4 is 5.91 Å². The predicted molar refractivity (Wildman–Crippen MR) is 77.2 cm³/mol. The molecule has 1 aromatic rings. The van der Waals surface area contributed by atoms with E-state index >= 15 is 0 Å². The number of piperidine rings is 1. The van der Waals surface area contributed by atoms with Gasteiger partial charge in [-0.15, -0.1) is 0 Å². The second-order valence-electron chi connectivity index (χ2n) is 6.08. The maximum Gasteiger partial charge on any atom is 0.237 e. The summed E-state index contributed by atoms with van der Waals surface area (Å²) in [5, 5.41) is 7.32. The summed E-state index contributed by atoms with van der Waals surface area (Å²) in [5.74, 6) is 0.194. The second-order valence-corrected chi connectivity index (χ2v) is 6.08. The Morgan fingerprint density at radius 1 is 1.40 bits per heavy atom. The van der Waals surface area contributed by atoms with E-state index < -0.39 is 0 Å². The van der Waals surface area contributed by atoms with E-state index in [1.807, 2.05) is 24.9 Å². The lowest BCUT2D eigenvalue weighted by atomic mass is 9.96. The third-order valence-electron chi connectivity index (χ3n) is 4.93. The van der Waals surface area contributed by atoms with Gasteiger partial charge in [-0.3, -0.25) is 14.4 Å². The lowest BCUT2D eigenvalue weighted by Crippen LogP contribution is -2.51. The minimum absolute atomic E-state index is 0.0910. The molecule has 1 N–H and O–H groups in total. The second kappa shape index (κ2) is 5.56. The lowest BCUT2D eigenvalue weighted by molar-refractivity contribution is -0.128. The Labute approximate surface area is 120 Å². The fourth-order valence-corrected chi connectivity index (χ4v) is 3.59. The van der Waals surface area contributed by atoms with Crippen LogP contribution in [0, 0.1) is 6.92 Å². The van der Waals surface area contributed by atoms with E-state index in [9.17, 15) is 4.79 Å². The molecule has 2 saturated heterocycles. The number of nitrogens with one attached hydrogen (secondary N) is 1. The van der Waals surface area contributed by atoms with E-state index in [0.717, 1.165) is 24.2 Å². The molecule has 0 spiro atoms. The number of hydrogen-bond donors (Lipinski definition) is 1. The van der Waals surface area contributed by atoms with Gasteiger partial charge in [0.1, 0.15) is 0 Å². The normalized spacial score (nSPS) is 26.5. The van der Waals surface area contributed by atoms with E-state index in [0.29, 0.717) is 12.6 Å². The van der Waals surface area contributed by atoms with Crippen molar-refractivity contribution in [2.24, 2.45) is 7.05 Å². The third kappa shape index (κ3) is 2.46. The van der Waals surface area contributed by atoms with Crippen LogP contribution in [-0.4, -0.2) is 39.2 Å². The van der Waals surface area contributed by atoms with E-state index in [1.165, 1.54) is 25.7 Å². The van der Waals surface area contributed by atoms with Crippen LogP contribution in [-0.2, 0) is 18.4 Å². The molecule has 2 unspecified atom stereocenters. The predicted octanol–water partition coefficient (Wildman–Crippen LogP) is 1.36. The Bertz CT molecular complexity index is 496. The first kappa shape index (κ1) is 13.6. The Hall–Kier alpha value is -1.36. The first-order valence-electron chi connectivity index (χ1n) is 7.67. The summed E-state index contributed by atoms with van der Waals surface area (Å²) in [6.07, 6.45) is 7.82. The molecule has 2 aliphatic heterocycles. The van der Waals surface area contributed by atoms with Crippen molar-refractivity contribution in [3.05, 3.63) is 17.5 Å². The number of amides is 1. The monoisotopic (exact) mass is 276 g/mol. The van der Waals surface area contributed by atoms with Crippen LogP contribution in [0.25, 0.3) is 0 Å². The molecule has 0 aromatic carbocycles. The number of aromatic nitrogens is 2. The van der Waals surface area contributed by atoms with Gasteiger partial charge in [0.25, 0.3) is 0 Å². The highest BCUT2D eigenvalue weighted by Crippen LogP contribution is 2.30. The highest BCUT2D eigenvalue weighted by atomic mass is 16.2. The van der Waals surface area contributed by atoms with Gasteiger partial charge in [0.15, 0.2) is 0 Å². The first-order valence-corrected chi connectivity index (χ1v) is 7.67. The minimum Gasteiger partial charge on any atom is -0.351 e. The van der Waals surface area contributed by atoms with Crippen LogP contribution >= 0.6 is 0 Å². The van der Waals surface area contributed by atoms with Gasteiger partial charge in [-0.2, -0.15) is 5.10 Å². The van der Waals surface area contributed by atoms with Crippen LogP contribution in [0.15, 0.2) is 6.20 Å². The molecule has 0 aliphatic carbocycles. The van der Waals surface area contributed by atoms with Crippen LogP contribution < -0.4 is 5.32 Å². The molecule has 3 rings (SSSR count). The SMILES string of the molecule is Cc1c(CNC(=O)C2CCCC3CCCN32)cnn1C. The molecule has 2 fully saturated rings. The number of rotatable bonds is 3. The maximum absolute atomic E-state index is 12.5. The van der Waals surface area contributed by atoms with Crippen molar-refractivity contribution in [1.82, 2.24) is 20.0 Å². The number of fused-ring (bicyclic) bond motifs is 1. The highest BCUT2D eigenvalue weighted by molar-refractivity contribution is 5.81. The molecule has 5 nitrogen and oxygen atoms in total. The lowest BCUT2D eigenvalue weighted by Gasteiger charge is -2.36. The Kier molecular flexibility index (Phi) is 3.78. The molecule has 1 aromatic heterocycles. The minimum atomic E-state index is 0.0910. The zero-order chi connectivity index (χ0) is 14.1. The van der Waals surface area contributed by atoms with Crippen molar-refractivity contribution in [1.29, 1.82) is 0 Å². The highest BCUT2D eigenvalue weighted by Gasteiger charge is 2.37. The summed E-state index contributed by atoms with van der Waals surface area (Å²) in [4.78, 5) is 14.9. The first-order chi connectivity index (χ1) is 9.66. The van der Waals surface area contributed by atoms with E-state index in [1.54, 1.807) is 0 Å². The third-order valence-corrected chi connectivity index (χ3v) is 4.93. The van der Waals surface area contributed by atoms with Gasteiger partial charge in [-0.1, -0.05) is 0 Å². The number of carbonyl (C=O) groups excluding carboxylic acids is 1. The molecule has 2 atom stereocenters. The van der Waals surface area contributed by atoms with Crippen LogP contribution in [0.2, 0.25) is 0 Å². The fourth-order valence-electron chi connectivity index (χ4n) is 3.59. The van der Waals surface area contributed by atoms with Gasteiger partial charge in [-0.05, 0) is 45.6 Å². The van der Waals surface area contributed by atoms with Crippen LogP contribution in [0.4, 0.5) is 0 Å². The molecule has 110 valence electrons. The summed E-state index contributed by atoms with van der Waals surface area (Å²) in [7, 11) is 1.93. The van der Waals surface area contributed by atoms with E-state index in [2.05, 4.69) is 15.3 Å². The molecule has 5 heteroatoms. The molecular formula is C15H24N4O. The topological polar surface area (TPSA) is 50.2 Å². The van der Waals surface area contributed by atoms with E-state index in [4.69, 9.17) is 0 Å². The van der Waals surface area contributed by atoms with Crippen LogP contribution in [0.5, 0.6) is 0 Å². The molecule has 0 radical (unpaired) electrons. The maximum atomic E-state index is 12.5. The zero-order valence-corrected chi connectivity index (χ0v) is 12.4. The van der Waals surface area contributed by atoms with Crippen molar-refractivity contribution < 1.29 is 4.79 Å². The smallest absolute Gasteiger partial charge is 0.237 e. The zero-order valence-electron chi connectivity index (χ0n) is 12.4. The van der Waals surface area contributed by atoms with Crippen LogP contribution in [0.1, 0.15) is 43.4 Å². The fraction of sp³-hybridized carbons (Fsp3) is 0.733. The summed E-state index contributed by atoms with van der Waals surface area (Å²) < 4.78 is 1.85. The van der Waals surface area contributed by atoms with Gasteiger partial charge in [-0.25, -0.2) is 0 Å². The summed E-state index contributed by atoms with van der Waals surface area (Å²) in [5.41, 5.74) is 2.22. The number of aryl methyl sites for hydroxylation is 1. The molecular weight excluding hydrogens is 252 g/mol. The van der Waals surface area contributed by atoms with Crippen molar-refractivity contribution in [3.8, 4) is 0 Å². The van der Waals surface area contributed by atoms with Crippen molar-refractivity contribution in [3.63, 3.8) is 0 Å². The molecule has 20 heavy (non-hydrogen) atoms. The van der Waals surface area contributed by atoms with Gasteiger partial charge >= 0.3 is 0 Å². The number of carbonyl (C=O) groups is 1. The Morgan fingerprint density at radius 3 is 2.95 bits per heavy atom. The van der Waals surface area contributed by atoms with Crippen molar-refractivity contribution in [2.45, 2.75) is 57.7 Å².